The van der Waals surface area contributed by atoms with Crippen LogP contribution in [0.2, 0.25) is 0 Å². The lowest BCUT2D eigenvalue weighted by molar-refractivity contribution is -0.137. The van der Waals surface area contributed by atoms with E-state index in [1.54, 1.807) is 24.3 Å². The summed E-state index contributed by atoms with van der Waals surface area (Å²) in [7, 11) is -3.61. The molecule has 44 heavy (non-hydrogen) atoms. The Kier molecular flexibility index (Phi) is 11.4. The summed E-state index contributed by atoms with van der Waals surface area (Å²) in [5.74, 6) is -2.64. The van der Waals surface area contributed by atoms with Gasteiger partial charge in [-0.1, -0.05) is 32.1 Å². The van der Waals surface area contributed by atoms with E-state index in [4.69, 9.17) is 0 Å². The van der Waals surface area contributed by atoms with Crippen molar-refractivity contribution in [2.45, 2.75) is 79.8 Å². The highest BCUT2D eigenvalue weighted by Crippen LogP contribution is 2.33. The summed E-state index contributed by atoms with van der Waals surface area (Å²) < 4.78 is 66.6. The fraction of sp³-hybridized carbons (Fsp3) is 0.516. The molecule has 0 spiro atoms. The van der Waals surface area contributed by atoms with Gasteiger partial charge in [-0.05, 0) is 80.3 Å². The Hall–Kier alpha value is -3.06. The second kappa shape index (κ2) is 14.8. The van der Waals surface area contributed by atoms with E-state index < -0.39 is 51.5 Å². The molecule has 2 saturated carbocycles. The van der Waals surface area contributed by atoms with Crippen molar-refractivity contribution in [1.29, 1.82) is 0 Å². The lowest BCUT2D eigenvalue weighted by atomic mass is 9.86. The number of hydrogen-bond acceptors (Lipinski definition) is 6. The van der Waals surface area contributed by atoms with E-state index in [1.165, 1.54) is 11.8 Å². The number of sulfone groups is 1. The predicted molar refractivity (Wildman–Crippen MR) is 163 cm³/mol. The molecule has 2 fully saturated rings. The van der Waals surface area contributed by atoms with Crippen LogP contribution in [0.4, 0.5) is 18.9 Å². The van der Waals surface area contributed by atoms with Gasteiger partial charge in [0.1, 0.15) is 0 Å². The largest absolute Gasteiger partial charge is 0.416 e. The van der Waals surface area contributed by atoms with Gasteiger partial charge in [0.2, 0.25) is 11.8 Å². The van der Waals surface area contributed by atoms with Crippen molar-refractivity contribution in [3.8, 4) is 0 Å². The first-order valence-electron chi connectivity index (χ1n) is 14.8. The maximum Gasteiger partial charge on any atom is 0.416 e. The van der Waals surface area contributed by atoms with Crippen LogP contribution in [-0.4, -0.2) is 50.7 Å². The monoisotopic (exact) mass is 653 g/mol. The minimum absolute atomic E-state index is 0.0606. The Morgan fingerprint density at radius 2 is 1.57 bits per heavy atom. The van der Waals surface area contributed by atoms with Crippen LogP contribution in [0.1, 0.15) is 73.7 Å². The van der Waals surface area contributed by atoms with Crippen molar-refractivity contribution in [2.24, 2.45) is 11.8 Å². The highest BCUT2D eigenvalue weighted by molar-refractivity contribution is 7.98. The quantitative estimate of drug-likeness (QED) is 0.278. The normalized spacial score (nSPS) is 19.6. The minimum atomic E-state index is -4.72. The summed E-state index contributed by atoms with van der Waals surface area (Å²) in [4.78, 5) is 39.9. The summed E-state index contributed by atoms with van der Waals surface area (Å²) in [6, 6.07) is 8.73. The van der Waals surface area contributed by atoms with Gasteiger partial charge in [0.05, 0.1) is 34.0 Å². The SMILES string of the molecule is CSc1ccc(S(=O)(=O)C[C@H]2CCCC[C@@H]2NC(=O)CNC(=O)c2cc(C(F)(F)F)ccc2NC(=O)C2CCCCC2)cc1. The molecular formula is C31H38F3N3O5S2. The molecule has 3 amide bonds. The van der Waals surface area contributed by atoms with Crippen molar-refractivity contribution in [1.82, 2.24) is 10.6 Å². The van der Waals surface area contributed by atoms with Crippen molar-refractivity contribution in [3.05, 3.63) is 53.6 Å². The highest BCUT2D eigenvalue weighted by atomic mass is 32.2. The molecule has 0 heterocycles. The molecule has 0 aromatic heterocycles. The third kappa shape index (κ3) is 8.99. The van der Waals surface area contributed by atoms with Gasteiger partial charge in [-0.2, -0.15) is 13.2 Å². The van der Waals surface area contributed by atoms with Crippen molar-refractivity contribution >= 4 is 45.0 Å². The van der Waals surface area contributed by atoms with Crippen molar-refractivity contribution < 1.29 is 36.0 Å². The summed E-state index contributed by atoms with van der Waals surface area (Å²) in [6.07, 6.45) is 4.09. The van der Waals surface area contributed by atoms with Crippen LogP contribution in [0.15, 0.2) is 52.3 Å². The highest BCUT2D eigenvalue weighted by Gasteiger charge is 2.34. The van der Waals surface area contributed by atoms with E-state index in [0.717, 1.165) is 49.1 Å². The number of thioether (sulfide) groups is 1. The zero-order valence-corrected chi connectivity index (χ0v) is 26.2. The molecular weight excluding hydrogens is 615 g/mol. The number of carbonyl (C=O) groups is 3. The van der Waals surface area contributed by atoms with E-state index in [0.29, 0.717) is 31.7 Å². The number of hydrogen-bond donors (Lipinski definition) is 3. The first kappa shape index (κ1) is 33.8. The molecule has 0 aliphatic heterocycles. The molecule has 8 nitrogen and oxygen atoms in total. The molecule has 0 radical (unpaired) electrons. The molecule has 2 atom stereocenters. The second-order valence-corrected chi connectivity index (χ2v) is 14.4. The predicted octanol–water partition coefficient (Wildman–Crippen LogP) is 5.82. The molecule has 0 unspecified atom stereocenters. The Balaban J connectivity index is 1.40. The summed E-state index contributed by atoms with van der Waals surface area (Å²) >= 11 is 1.51. The number of amides is 3. The van der Waals surface area contributed by atoms with E-state index >= 15 is 0 Å². The van der Waals surface area contributed by atoms with Gasteiger partial charge >= 0.3 is 6.18 Å². The molecule has 240 valence electrons. The Bertz CT molecular complexity index is 1440. The molecule has 0 saturated heterocycles. The van der Waals surface area contributed by atoms with E-state index in [-0.39, 0.29) is 34.1 Å². The lowest BCUT2D eigenvalue weighted by Crippen LogP contribution is -2.47. The van der Waals surface area contributed by atoms with Gasteiger partial charge in [0.25, 0.3) is 5.91 Å². The van der Waals surface area contributed by atoms with Crippen LogP contribution in [0, 0.1) is 11.8 Å². The van der Waals surface area contributed by atoms with Crippen LogP contribution in [0.5, 0.6) is 0 Å². The zero-order chi connectivity index (χ0) is 31.9. The molecule has 2 aromatic rings. The average Bonchev–Trinajstić information content (AvgIpc) is 3.00. The maximum atomic E-state index is 13.5. The number of benzene rings is 2. The van der Waals surface area contributed by atoms with Crippen LogP contribution in [0.3, 0.4) is 0 Å². The molecule has 4 rings (SSSR count). The third-order valence-corrected chi connectivity index (χ3v) is 10.9. The maximum absolute atomic E-state index is 13.5. The zero-order valence-electron chi connectivity index (χ0n) is 24.5. The van der Waals surface area contributed by atoms with Gasteiger partial charge in [-0.25, -0.2) is 8.42 Å². The smallest absolute Gasteiger partial charge is 0.352 e. The standard InChI is InChI=1S/C31H38F3N3O5S2/c1-43-23-12-14-24(15-13-23)44(41,42)19-21-9-5-6-10-26(21)36-28(38)18-35-30(40)25-17-22(31(32,33)34)11-16-27(25)37-29(39)20-7-3-2-4-8-20/h11-17,20-21,26H,2-10,18-19H2,1H3,(H,35,40)(H,36,38)(H,37,39)/t21-,26+/m1/s1. The minimum Gasteiger partial charge on any atom is -0.352 e. The van der Waals surface area contributed by atoms with Gasteiger partial charge in [-0.3, -0.25) is 14.4 Å². The molecule has 2 aliphatic carbocycles. The molecule has 13 heteroatoms. The molecule has 0 bridgehead atoms. The first-order valence-corrected chi connectivity index (χ1v) is 17.7. The van der Waals surface area contributed by atoms with Gasteiger partial charge < -0.3 is 16.0 Å². The number of rotatable bonds is 10. The lowest BCUT2D eigenvalue weighted by Gasteiger charge is -2.32. The summed E-state index contributed by atoms with van der Waals surface area (Å²) in [5, 5.41) is 7.81. The Labute approximate surface area is 260 Å². The van der Waals surface area contributed by atoms with Crippen LogP contribution in [0.25, 0.3) is 0 Å². The Morgan fingerprint density at radius 1 is 0.909 bits per heavy atom. The number of anilines is 1. The summed E-state index contributed by atoms with van der Waals surface area (Å²) in [5.41, 5.74) is -1.52. The van der Waals surface area contributed by atoms with Crippen LogP contribution in [-0.2, 0) is 25.6 Å². The van der Waals surface area contributed by atoms with Gasteiger partial charge in [0.15, 0.2) is 9.84 Å². The molecule has 2 aliphatic rings. The average molecular weight is 654 g/mol. The summed E-state index contributed by atoms with van der Waals surface area (Å²) in [6.45, 7) is -0.531. The van der Waals surface area contributed by atoms with Crippen molar-refractivity contribution in [2.75, 3.05) is 23.9 Å². The topological polar surface area (TPSA) is 121 Å². The number of alkyl halides is 3. The van der Waals surface area contributed by atoms with E-state index in [1.807, 2.05) is 6.26 Å². The molecule has 3 N–H and O–H groups in total. The third-order valence-electron chi connectivity index (χ3n) is 8.34. The number of halogens is 3. The number of nitrogens with one attached hydrogen (secondary N) is 3. The Morgan fingerprint density at radius 3 is 2.23 bits per heavy atom. The fourth-order valence-corrected chi connectivity index (χ4v) is 8.00. The van der Waals surface area contributed by atoms with Gasteiger partial charge in [0, 0.05) is 16.9 Å². The van der Waals surface area contributed by atoms with Crippen molar-refractivity contribution in [3.63, 3.8) is 0 Å². The van der Waals surface area contributed by atoms with Gasteiger partial charge in [-0.15, -0.1) is 11.8 Å². The molecule has 2 aromatic carbocycles. The fourth-order valence-electron chi connectivity index (χ4n) is 5.89. The van der Waals surface area contributed by atoms with E-state index in [9.17, 15) is 36.0 Å². The number of carbonyl (C=O) groups excluding carboxylic acids is 3. The van der Waals surface area contributed by atoms with Crippen LogP contribution >= 0.6 is 11.8 Å². The second-order valence-electron chi connectivity index (χ2n) is 11.4. The first-order chi connectivity index (χ1) is 20.9. The van der Waals surface area contributed by atoms with Crippen LogP contribution < -0.4 is 16.0 Å². The van der Waals surface area contributed by atoms with E-state index in [2.05, 4.69) is 16.0 Å².